The Bertz CT molecular complexity index is 682. The third-order valence-corrected chi connectivity index (χ3v) is 3.87. The van der Waals surface area contributed by atoms with Crippen molar-refractivity contribution in [1.29, 1.82) is 0 Å². The first kappa shape index (κ1) is 20.7. The van der Waals surface area contributed by atoms with Gasteiger partial charge in [0.2, 0.25) is 5.91 Å². The number of hydrogen-bond acceptors (Lipinski definition) is 4. The van der Waals surface area contributed by atoms with Crippen LogP contribution in [0.1, 0.15) is 25.7 Å². The smallest absolute Gasteiger partial charge is 0.406 e. The number of anilines is 1. The van der Waals surface area contributed by atoms with Crippen LogP contribution in [0.25, 0.3) is 0 Å². The second-order valence-electron chi connectivity index (χ2n) is 5.83. The monoisotopic (exact) mass is 404 g/mol. The van der Waals surface area contributed by atoms with Gasteiger partial charge in [-0.15, -0.1) is 13.2 Å². The maximum Gasteiger partial charge on any atom is 0.573 e. The molecule has 0 aromatic heterocycles. The van der Waals surface area contributed by atoms with E-state index in [2.05, 4.69) is 20.9 Å². The standard InChI is InChI=1S/C16H19F3N4O3S/c17-16(18,19)26-12-7-5-11(6-8-12)20-15(27)22-21-13(24)10-23-9-3-1-2-4-14(23)25/h5-8H,1-4,9-10H2,(H,21,24)(H2,20,22,27). The lowest BCUT2D eigenvalue weighted by atomic mass is 10.2. The Balaban J connectivity index is 1.75. The first-order valence-corrected chi connectivity index (χ1v) is 8.63. The highest BCUT2D eigenvalue weighted by molar-refractivity contribution is 7.80. The van der Waals surface area contributed by atoms with Crippen molar-refractivity contribution in [3.05, 3.63) is 24.3 Å². The number of likely N-dealkylation sites (tertiary alicyclic amines) is 1. The van der Waals surface area contributed by atoms with Gasteiger partial charge in [0.25, 0.3) is 5.91 Å². The van der Waals surface area contributed by atoms with E-state index in [1.807, 2.05) is 0 Å². The number of nitrogens with zero attached hydrogens (tertiary/aromatic N) is 1. The van der Waals surface area contributed by atoms with Crippen LogP contribution >= 0.6 is 12.2 Å². The van der Waals surface area contributed by atoms with Crippen molar-refractivity contribution < 1.29 is 27.5 Å². The van der Waals surface area contributed by atoms with Gasteiger partial charge in [0.1, 0.15) is 12.3 Å². The third kappa shape index (κ3) is 7.69. The summed E-state index contributed by atoms with van der Waals surface area (Å²) in [4.78, 5) is 25.3. The Kier molecular flexibility index (Phi) is 7.22. The van der Waals surface area contributed by atoms with Crippen LogP contribution in [0.5, 0.6) is 5.75 Å². The number of carbonyl (C=O) groups is 2. The van der Waals surface area contributed by atoms with Crippen LogP contribution in [-0.4, -0.2) is 41.3 Å². The van der Waals surface area contributed by atoms with Gasteiger partial charge in [-0.2, -0.15) is 0 Å². The Hall–Kier alpha value is -2.56. The first-order chi connectivity index (χ1) is 12.7. The lowest BCUT2D eigenvalue weighted by molar-refractivity contribution is -0.274. The largest absolute Gasteiger partial charge is 0.573 e. The molecule has 1 aromatic carbocycles. The van der Waals surface area contributed by atoms with Crippen molar-refractivity contribution >= 4 is 34.8 Å². The summed E-state index contributed by atoms with van der Waals surface area (Å²) in [7, 11) is 0. The first-order valence-electron chi connectivity index (χ1n) is 8.22. The molecule has 27 heavy (non-hydrogen) atoms. The number of benzene rings is 1. The van der Waals surface area contributed by atoms with Crippen LogP contribution in [-0.2, 0) is 9.59 Å². The van der Waals surface area contributed by atoms with E-state index in [0.717, 1.165) is 31.4 Å². The number of amides is 2. The van der Waals surface area contributed by atoms with Gasteiger partial charge in [-0.25, -0.2) is 0 Å². The highest BCUT2D eigenvalue weighted by Crippen LogP contribution is 2.23. The topological polar surface area (TPSA) is 82.7 Å². The predicted octanol–water partition coefficient (Wildman–Crippen LogP) is 2.31. The minimum Gasteiger partial charge on any atom is -0.406 e. The SMILES string of the molecule is O=C(CN1CCCCCC1=O)NNC(=S)Nc1ccc(OC(F)(F)F)cc1. The highest BCUT2D eigenvalue weighted by Gasteiger charge is 2.30. The van der Waals surface area contributed by atoms with Crippen LogP contribution < -0.4 is 20.9 Å². The van der Waals surface area contributed by atoms with E-state index in [0.29, 0.717) is 18.7 Å². The van der Waals surface area contributed by atoms with Crippen molar-refractivity contribution in [2.45, 2.75) is 32.0 Å². The van der Waals surface area contributed by atoms with Gasteiger partial charge in [0, 0.05) is 18.7 Å². The van der Waals surface area contributed by atoms with E-state index in [1.165, 1.54) is 17.0 Å². The van der Waals surface area contributed by atoms with Gasteiger partial charge in [0.15, 0.2) is 5.11 Å². The molecule has 2 amide bonds. The molecular weight excluding hydrogens is 385 g/mol. The molecule has 0 bridgehead atoms. The Morgan fingerprint density at radius 3 is 2.52 bits per heavy atom. The van der Waals surface area contributed by atoms with Crippen LogP contribution in [0.3, 0.4) is 0 Å². The maximum atomic E-state index is 12.1. The molecule has 0 atom stereocenters. The average Bonchev–Trinajstić information content (AvgIpc) is 2.78. The lowest BCUT2D eigenvalue weighted by Crippen LogP contribution is -2.48. The van der Waals surface area contributed by atoms with E-state index < -0.39 is 12.3 Å². The fourth-order valence-electron chi connectivity index (χ4n) is 2.45. The average molecular weight is 404 g/mol. The normalized spacial score (nSPS) is 14.9. The van der Waals surface area contributed by atoms with Crippen molar-refractivity contribution in [1.82, 2.24) is 15.8 Å². The molecule has 1 heterocycles. The van der Waals surface area contributed by atoms with E-state index in [1.54, 1.807) is 0 Å². The number of ether oxygens (including phenoxy) is 1. The quantitative estimate of drug-likeness (QED) is 0.528. The minimum atomic E-state index is -4.76. The molecule has 0 unspecified atom stereocenters. The fourth-order valence-corrected chi connectivity index (χ4v) is 2.62. The second-order valence-corrected chi connectivity index (χ2v) is 6.23. The van der Waals surface area contributed by atoms with Gasteiger partial charge < -0.3 is 15.0 Å². The number of carbonyl (C=O) groups excluding carboxylic acids is 2. The molecule has 1 aromatic rings. The molecule has 1 fully saturated rings. The lowest BCUT2D eigenvalue weighted by Gasteiger charge is -2.20. The van der Waals surface area contributed by atoms with E-state index in [9.17, 15) is 22.8 Å². The third-order valence-electron chi connectivity index (χ3n) is 3.67. The summed E-state index contributed by atoms with van der Waals surface area (Å²) in [5, 5.41) is 2.74. The van der Waals surface area contributed by atoms with E-state index in [-0.39, 0.29) is 23.3 Å². The molecule has 11 heteroatoms. The Labute approximate surface area is 159 Å². The number of halogens is 3. The summed E-state index contributed by atoms with van der Waals surface area (Å²) in [5.41, 5.74) is 5.25. The molecule has 1 aliphatic rings. The number of hydrogen-bond donors (Lipinski definition) is 3. The summed E-state index contributed by atoms with van der Waals surface area (Å²) < 4.78 is 40.1. The van der Waals surface area contributed by atoms with E-state index in [4.69, 9.17) is 12.2 Å². The minimum absolute atomic E-state index is 0.0371. The van der Waals surface area contributed by atoms with Gasteiger partial charge in [-0.3, -0.25) is 20.4 Å². The summed E-state index contributed by atoms with van der Waals surface area (Å²) >= 11 is 5.00. The second kappa shape index (κ2) is 9.40. The molecule has 0 radical (unpaired) electrons. The van der Waals surface area contributed by atoms with Crippen molar-refractivity contribution in [2.24, 2.45) is 0 Å². The zero-order valence-corrected chi connectivity index (χ0v) is 15.1. The van der Waals surface area contributed by atoms with Gasteiger partial charge in [0.05, 0.1) is 0 Å². The maximum absolute atomic E-state index is 12.1. The Morgan fingerprint density at radius 2 is 1.85 bits per heavy atom. The molecular formula is C16H19F3N4O3S. The van der Waals surface area contributed by atoms with Gasteiger partial charge in [-0.1, -0.05) is 6.42 Å². The number of hydrazine groups is 1. The molecule has 1 saturated heterocycles. The van der Waals surface area contributed by atoms with Crippen molar-refractivity contribution in [2.75, 3.05) is 18.4 Å². The van der Waals surface area contributed by atoms with Crippen LogP contribution in [0, 0.1) is 0 Å². The van der Waals surface area contributed by atoms with Crippen molar-refractivity contribution in [3.63, 3.8) is 0 Å². The summed E-state index contributed by atoms with van der Waals surface area (Å²) in [6.45, 7) is 0.471. The number of alkyl halides is 3. The number of nitrogens with one attached hydrogen (secondary N) is 3. The van der Waals surface area contributed by atoms with Crippen molar-refractivity contribution in [3.8, 4) is 5.75 Å². The van der Waals surface area contributed by atoms with Gasteiger partial charge >= 0.3 is 6.36 Å². The molecule has 0 spiro atoms. The van der Waals surface area contributed by atoms with Crippen LogP contribution in [0.15, 0.2) is 24.3 Å². The van der Waals surface area contributed by atoms with Gasteiger partial charge in [-0.05, 0) is 49.3 Å². The fraction of sp³-hybridized carbons (Fsp3) is 0.438. The molecule has 3 N–H and O–H groups in total. The predicted molar refractivity (Wildman–Crippen MR) is 95.7 cm³/mol. The Morgan fingerprint density at radius 1 is 1.15 bits per heavy atom. The zero-order chi connectivity index (χ0) is 19.9. The molecule has 0 saturated carbocycles. The highest BCUT2D eigenvalue weighted by atomic mass is 32.1. The molecule has 2 rings (SSSR count). The zero-order valence-electron chi connectivity index (χ0n) is 14.3. The summed E-state index contributed by atoms with van der Waals surface area (Å²) in [5.74, 6) is -0.838. The van der Waals surface area contributed by atoms with Crippen LogP contribution in [0.4, 0.5) is 18.9 Å². The molecule has 0 aliphatic carbocycles. The summed E-state index contributed by atoms with van der Waals surface area (Å²) in [6, 6.07) is 4.93. The number of thiocarbonyl (C=S) groups is 1. The molecule has 1 aliphatic heterocycles. The number of rotatable bonds is 4. The van der Waals surface area contributed by atoms with E-state index >= 15 is 0 Å². The van der Waals surface area contributed by atoms with Crippen LogP contribution in [0.2, 0.25) is 0 Å². The summed E-state index contributed by atoms with van der Waals surface area (Å²) in [6.07, 6.45) is -1.67. The molecule has 7 nitrogen and oxygen atoms in total. The molecule has 148 valence electrons.